The predicted molar refractivity (Wildman–Crippen MR) is 43.3 cm³/mol. The minimum atomic E-state index is -0.553. The van der Waals surface area contributed by atoms with E-state index in [1.54, 1.807) is 6.07 Å². The molecule has 0 amide bonds. The Labute approximate surface area is 69.8 Å². The van der Waals surface area contributed by atoms with Crippen molar-refractivity contribution < 1.29 is 9.50 Å². The Morgan fingerprint density at radius 1 is 1.50 bits per heavy atom. The van der Waals surface area contributed by atoms with Gasteiger partial charge in [-0.15, -0.1) is 0 Å². The van der Waals surface area contributed by atoms with Crippen LogP contribution < -0.4 is 5.73 Å². The number of hydrogen-bond acceptors (Lipinski definition) is 2. The minimum absolute atomic E-state index is 0.0356. The summed E-state index contributed by atoms with van der Waals surface area (Å²) in [6, 6.07) is 2.88. The van der Waals surface area contributed by atoms with Crippen molar-refractivity contribution in [2.75, 3.05) is 0 Å². The van der Waals surface area contributed by atoms with Crippen LogP contribution in [0.15, 0.2) is 12.1 Å². The van der Waals surface area contributed by atoms with Gasteiger partial charge in [-0.1, -0.05) is 6.07 Å². The quantitative estimate of drug-likeness (QED) is 0.614. The molecule has 1 aromatic carbocycles. The number of rotatable bonds is 0. The maximum absolute atomic E-state index is 12.8. The number of hydrogen-bond donors (Lipinski definition) is 2. The molecule has 1 aliphatic rings. The van der Waals surface area contributed by atoms with E-state index in [1.165, 1.54) is 6.07 Å². The molecule has 0 spiro atoms. The van der Waals surface area contributed by atoms with Gasteiger partial charge in [0.2, 0.25) is 0 Å². The van der Waals surface area contributed by atoms with Crippen molar-refractivity contribution in [1.29, 1.82) is 0 Å². The van der Waals surface area contributed by atoms with E-state index in [4.69, 9.17) is 5.73 Å². The molecule has 3 N–H and O–H groups in total. The Balaban J connectivity index is 2.60. The van der Waals surface area contributed by atoms with Crippen LogP contribution in [0.5, 0.6) is 5.75 Å². The zero-order valence-corrected chi connectivity index (χ0v) is 6.55. The molecule has 0 saturated carbocycles. The molecule has 0 heterocycles. The van der Waals surface area contributed by atoms with Crippen LogP contribution in [-0.4, -0.2) is 5.11 Å². The van der Waals surface area contributed by atoms with Gasteiger partial charge in [-0.3, -0.25) is 0 Å². The molecule has 0 aliphatic heterocycles. The summed E-state index contributed by atoms with van der Waals surface area (Å²) in [4.78, 5) is 0. The summed E-state index contributed by atoms with van der Waals surface area (Å²) in [7, 11) is 0. The SMILES string of the molecule is N[C@@H]1CCc2c1ccc(F)c2O. The lowest BCUT2D eigenvalue weighted by Gasteiger charge is -2.05. The zero-order chi connectivity index (χ0) is 8.72. The van der Waals surface area contributed by atoms with Crippen molar-refractivity contribution in [3.05, 3.63) is 29.1 Å². The second-order valence-electron chi connectivity index (χ2n) is 3.11. The van der Waals surface area contributed by atoms with Crippen molar-refractivity contribution in [3.8, 4) is 5.75 Å². The molecule has 12 heavy (non-hydrogen) atoms. The van der Waals surface area contributed by atoms with E-state index >= 15 is 0 Å². The lowest BCUT2D eigenvalue weighted by atomic mass is 10.1. The lowest BCUT2D eigenvalue weighted by molar-refractivity contribution is 0.427. The Kier molecular flexibility index (Phi) is 1.54. The molecule has 64 valence electrons. The van der Waals surface area contributed by atoms with Crippen LogP contribution in [0.25, 0.3) is 0 Å². The van der Waals surface area contributed by atoms with E-state index in [0.717, 1.165) is 12.0 Å². The van der Waals surface area contributed by atoms with Gasteiger partial charge in [0.25, 0.3) is 0 Å². The van der Waals surface area contributed by atoms with Gasteiger partial charge in [0.05, 0.1) is 0 Å². The largest absolute Gasteiger partial charge is 0.505 e. The molecule has 1 atom stereocenters. The van der Waals surface area contributed by atoms with E-state index in [1.807, 2.05) is 0 Å². The maximum Gasteiger partial charge on any atom is 0.165 e. The summed E-state index contributed by atoms with van der Waals surface area (Å²) < 4.78 is 12.8. The van der Waals surface area contributed by atoms with Crippen LogP contribution >= 0.6 is 0 Å². The van der Waals surface area contributed by atoms with Crippen molar-refractivity contribution in [2.24, 2.45) is 5.73 Å². The minimum Gasteiger partial charge on any atom is -0.505 e. The van der Waals surface area contributed by atoms with Crippen LogP contribution in [0.3, 0.4) is 0 Å². The van der Waals surface area contributed by atoms with E-state index in [0.29, 0.717) is 12.0 Å². The third-order valence-electron chi connectivity index (χ3n) is 2.37. The van der Waals surface area contributed by atoms with Crippen LogP contribution in [0, 0.1) is 5.82 Å². The van der Waals surface area contributed by atoms with Crippen molar-refractivity contribution in [2.45, 2.75) is 18.9 Å². The highest BCUT2D eigenvalue weighted by atomic mass is 19.1. The fourth-order valence-electron chi connectivity index (χ4n) is 1.69. The lowest BCUT2D eigenvalue weighted by Crippen LogP contribution is -2.04. The van der Waals surface area contributed by atoms with Gasteiger partial charge in [-0.05, 0) is 24.5 Å². The first-order valence-electron chi connectivity index (χ1n) is 3.96. The molecular weight excluding hydrogens is 157 g/mol. The van der Waals surface area contributed by atoms with Crippen LogP contribution in [0.1, 0.15) is 23.6 Å². The number of nitrogens with two attached hydrogens (primary N) is 1. The Hall–Kier alpha value is -1.09. The van der Waals surface area contributed by atoms with Gasteiger partial charge in [0.15, 0.2) is 11.6 Å². The van der Waals surface area contributed by atoms with E-state index in [-0.39, 0.29) is 11.8 Å². The van der Waals surface area contributed by atoms with Crippen molar-refractivity contribution >= 4 is 0 Å². The van der Waals surface area contributed by atoms with E-state index in [2.05, 4.69) is 0 Å². The highest BCUT2D eigenvalue weighted by Gasteiger charge is 2.23. The van der Waals surface area contributed by atoms with Gasteiger partial charge in [-0.25, -0.2) is 4.39 Å². The number of halogens is 1. The summed E-state index contributed by atoms with van der Waals surface area (Å²) in [5.74, 6) is -0.775. The van der Waals surface area contributed by atoms with Crippen LogP contribution in [0.4, 0.5) is 4.39 Å². The summed E-state index contributed by atoms with van der Waals surface area (Å²) in [6.45, 7) is 0. The highest BCUT2D eigenvalue weighted by molar-refractivity contribution is 5.44. The average Bonchev–Trinajstić information content (AvgIpc) is 2.41. The number of benzene rings is 1. The topological polar surface area (TPSA) is 46.2 Å². The molecule has 0 saturated heterocycles. The molecule has 0 aromatic heterocycles. The van der Waals surface area contributed by atoms with Crippen molar-refractivity contribution in [3.63, 3.8) is 0 Å². The second kappa shape index (κ2) is 2.45. The van der Waals surface area contributed by atoms with Gasteiger partial charge in [0.1, 0.15) is 0 Å². The van der Waals surface area contributed by atoms with Gasteiger partial charge in [-0.2, -0.15) is 0 Å². The molecule has 1 aliphatic carbocycles. The number of aromatic hydroxyl groups is 1. The number of phenolic OH excluding ortho intramolecular Hbond substituents is 1. The van der Waals surface area contributed by atoms with E-state index in [9.17, 15) is 9.50 Å². The highest BCUT2D eigenvalue weighted by Crippen LogP contribution is 2.36. The molecule has 1 aromatic rings. The first-order valence-corrected chi connectivity index (χ1v) is 3.96. The monoisotopic (exact) mass is 167 g/mol. The molecule has 2 nitrogen and oxygen atoms in total. The predicted octanol–water partition coefficient (Wildman–Crippen LogP) is 1.48. The van der Waals surface area contributed by atoms with Gasteiger partial charge < -0.3 is 10.8 Å². The van der Waals surface area contributed by atoms with Gasteiger partial charge in [0, 0.05) is 11.6 Å². The Morgan fingerprint density at radius 3 is 3.00 bits per heavy atom. The maximum atomic E-state index is 12.8. The normalized spacial score (nSPS) is 21.0. The Morgan fingerprint density at radius 2 is 2.25 bits per heavy atom. The van der Waals surface area contributed by atoms with Crippen LogP contribution in [0.2, 0.25) is 0 Å². The summed E-state index contributed by atoms with van der Waals surface area (Å²) in [5.41, 5.74) is 7.30. The Bertz CT molecular complexity index is 325. The molecular formula is C9H10FNO. The third kappa shape index (κ3) is 0.898. The fourth-order valence-corrected chi connectivity index (χ4v) is 1.69. The number of fused-ring (bicyclic) bond motifs is 1. The smallest absolute Gasteiger partial charge is 0.165 e. The second-order valence-corrected chi connectivity index (χ2v) is 3.11. The van der Waals surface area contributed by atoms with Crippen molar-refractivity contribution in [1.82, 2.24) is 0 Å². The molecule has 3 heteroatoms. The summed E-state index contributed by atoms with van der Waals surface area (Å²) in [6.07, 6.45) is 1.48. The summed E-state index contributed by atoms with van der Waals surface area (Å²) in [5, 5.41) is 9.31. The fraction of sp³-hybridized carbons (Fsp3) is 0.333. The molecule has 0 radical (unpaired) electrons. The number of phenols is 1. The molecule has 0 fully saturated rings. The third-order valence-corrected chi connectivity index (χ3v) is 2.37. The molecule has 2 rings (SSSR count). The molecule has 0 bridgehead atoms. The first-order chi connectivity index (χ1) is 5.70. The zero-order valence-electron chi connectivity index (χ0n) is 6.55. The average molecular weight is 167 g/mol. The van der Waals surface area contributed by atoms with E-state index < -0.39 is 5.82 Å². The van der Waals surface area contributed by atoms with Crippen LogP contribution in [-0.2, 0) is 6.42 Å². The first kappa shape index (κ1) is 7.55. The summed E-state index contributed by atoms with van der Waals surface area (Å²) >= 11 is 0. The molecule has 0 unspecified atom stereocenters. The van der Waals surface area contributed by atoms with Gasteiger partial charge >= 0.3 is 0 Å². The standard InChI is InChI=1S/C9H10FNO/c10-7-3-1-5-6(9(7)12)2-4-8(5)11/h1,3,8,12H,2,4,11H2/t8-/m1/s1.